The SMILES string of the molecule is CCCNC(CC)c1ccc(-c2c(F)ccc(C)c2F)o1. The average Bonchev–Trinajstić information content (AvgIpc) is 2.94. The lowest BCUT2D eigenvalue weighted by molar-refractivity contribution is 0.408. The van der Waals surface area contributed by atoms with Crippen molar-refractivity contribution >= 4 is 0 Å². The first-order chi connectivity index (χ1) is 10.1. The highest BCUT2D eigenvalue weighted by Crippen LogP contribution is 2.31. The summed E-state index contributed by atoms with van der Waals surface area (Å²) in [5.41, 5.74) is 0.312. The Kier molecular flexibility index (Phi) is 5.12. The van der Waals surface area contributed by atoms with Gasteiger partial charge in [-0.1, -0.05) is 19.9 Å². The Labute approximate surface area is 124 Å². The summed E-state index contributed by atoms with van der Waals surface area (Å²) in [5.74, 6) is -0.222. The maximum Gasteiger partial charge on any atom is 0.140 e. The van der Waals surface area contributed by atoms with Crippen LogP contribution in [0.2, 0.25) is 0 Å². The van der Waals surface area contributed by atoms with Crippen LogP contribution in [0, 0.1) is 18.6 Å². The van der Waals surface area contributed by atoms with Gasteiger partial charge in [0.15, 0.2) is 0 Å². The van der Waals surface area contributed by atoms with Gasteiger partial charge in [-0.05, 0) is 50.1 Å². The first kappa shape index (κ1) is 15.7. The molecule has 4 heteroatoms. The van der Waals surface area contributed by atoms with Crippen LogP contribution in [0.25, 0.3) is 11.3 Å². The van der Waals surface area contributed by atoms with Gasteiger partial charge in [-0.25, -0.2) is 8.78 Å². The number of nitrogens with one attached hydrogen (secondary N) is 1. The van der Waals surface area contributed by atoms with Crippen molar-refractivity contribution in [3.63, 3.8) is 0 Å². The van der Waals surface area contributed by atoms with Crippen LogP contribution in [0.5, 0.6) is 0 Å². The summed E-state index contributed by atoms with van der Waals surface area (Å²) in [6.07, 6.45) is 1.87. The molecule has 0 saturated carbocycles. The predicted octanol–water partition coefficient (Wildman–Crippen LogP) is 4.98. The monoisotopic (exact) mass is 293 g/mol. The molecule has 0 saturated heterocycles. The molecule has 0 aliphatic heterocycles. The minimum atomic E-state index is -0.603. The molecule has 1 aromatic carbocycles. The maximum absolute atomic E-state index is 14.1. The van der Waals surface area contributed by atoms with E-state index in [1.165, 1.54) is 12.1 Å². The molecule has 2 nitrogen and oxygen atoms in total. The zero-order valence-electron chi connectivity index (χ0n) is 12.7. The minimum absolute atomic E-state index is 0.0645. The number of furan rings is 1. The van der Waals surface area contributed by atoms with Crippen molar-refractivity contribution in [2.24, 2.45) is 0 Å². The largest absolute Gasteiger partial charge is 0.459 e. The molecular formula is C17H21F2NO. The molecule has 0 amide bonds. The van der Waals surface area contributed by atoms with Gasteiger partial charge in [0.05, 0.1) is 11.6 Å². The van der Waals surface area contributed by atoms with Gasteiger partial charge in [-0.2, -0.15) is 0 Å². The van der Waals surface area contributed by atoms with Crippen LogP contribution in [0.1, 0.15) is 44.1 Å². The van der Waals surface area contributed by atoms with Gasteiger partial charge in [0.1, 0.15) is 23.2 Å². The van der Waals surface area contributed by atoms with Crippen LogP contribution in [-0.4, -0.2) is 6.54 Å². The lowest BCUT2D eigenvalue weighted by atomic mass is 10.1. The molecule has 1 aromatic heterocycles. The molecule has 2 rings (SSSR count). The van der Waals surface area contributed by atoms with Crippen molar-refractivity contribution in [1.29, 1.82) is 0 Å². The van der Waals surface area contributed by atoms with E-state index < -0.39 is 11.6 Å². The molecule has 0 bridgehead atoms. The molecule has 1 N–H and O–H groups in total. The molecular weight excluding hydrogens is 272 g/mol. The third kappa shape index (κ3) is 3.32. The summed E-state index contributed by atoms with van der Waals surface area (Å²) >= 11 is 0. The third-order valence-electron chi connectivity index (χ3n) is 3.55. The van der Waals surface area contributed by atoms with Gasteiger partial charge in [0.25, 0.3) is 0 Å². The fourth-order valence-corrected chi connectivity index (χ4v) is 2.32. The van der Waals surface area contributed by atoms with Crippen LogP contribution in [-0.2, 0) is 0 Å². The molecule has 1 atom stereocenters. The Bertz CT molecular complexity index is 607. The highest BCUT2D eigenvalue weighted by atomic mass is 19.1. The summed E-state index contributed by atoms with van der Waals surface area (Å²) < 4.78 is 33.7. The van der Waals surface area contributed by atoms with Crippen LogP contribution in [0.4, 0.5) is 8.78 Å². The Morgan fingerprint density at radius 2 is 1.90 bits per heavy atom. The van der Waals surface area contributed by atoms with Crippen LogP contribution >= 0.6 is 0 Å². The molecule has 0 aliphatic rings. The lowest BCUT2D eigenvalue weighted by Gasteiger charge is -2.13. The predicted molar refractivity (Wildman–Crippen MR) is 80.1 cm³/mol. The number of hydrogen-bond donors (Lipinski definition) is 1. The molecule has 0 radical (unpaired) electrons. The topological polar surface area (TPSA) is 25.2 Å². The van der Waals surface area contributed by atoms with Crippen molar-refractivity contribution in [2.45, 2.75) is 39.7 Å². The van der Waals surface area contributed by atoms with Crippen molar-refractivity contribution in [3.8, 4) is 11.3 Å². The Hall–Kier alpha value is -1.68. The average molecular weight is 293 g/mol. The fraction of sp³-hybridized carbons (Fsp3) is 0.412. The smallest absolute Gasteiger partial charge is 0.140 e. The highest BCUT2D eigenvalue weighted by Gasteiger charge is 2.19. The summed E-state index contributed by atoms with van der Waals surface area (Å²) in [7, 11) is 0. The molecule has 1 unspecified atom stereocenters. The molecule has 1 heterocycles. The minimum Gasteiger partial charge on any atom is -0.459 e. The number of halogens is 2. The Balaban J connectivity index is 2.34. The lowest BCUT2D eigenvalue weighted by Crippen LogP contribution is -2.20. The van der Waals surface area contributed by atoms with Crippen molar-refractivity contribution in [3.05, 3.63) is 47.2 Å². The van der Waals surface area contributed by atoms with E-state index in [1.807, 2.05) is 6.92 Å². The van der Waals surface area contributed by atoms with E-state index in [-0.39, 0.29) is 17.4 Å². The molecule has 2 aromatic rings. The molecule has 0 fully saturated rings. The van der Waals surface area contributed by atoms with Crippen LogP contribution < -0.4 is 5.32 Å². The molecule has 0 spiro atoms. The maximum atomic E-state index is 14.1. The van der Waals surface area contributed by atoms with Gasteiger partial charge in [-0.3, -0.25) is 0 Å². The number of hydrogen-bond acceptors (Lipinski definition) is 2. The Morgan fingerprint density at radius 3 is 2.57 bits per heavy atom. The van der Waals surface area contributed by atoms with Gasteiger partial charge in [0, 0.05) is 0 Å². The van der Waals surface area contributed by atoms with E-state index in [2.05, 4.69) is 12.2 Å². The Morgan fingerprint density at radius 1 is 1.14 bits per heavy atom. The first-order valence-corrected chi connectivity index (χ1v) is 7.36. The van der Waals surface area contributed by atoms with Gasteiger partial charge < -0.3 is 9.73 Å². The van der Waals surface area contributed by atoms with E-state index in [0.717, 1.165) is 19.4 Å². The first-order valence-electron chi connectivity index (χ1n) is 7.36. The van der Waals surface area contributed by atoms with Crippen molar-refractivity contribution in [2.75, 3.05) is 6.54 Å². The van der Waals surface area contributed by atoms with Crippen LogP contribution in [0.15, 0.2) is 28.7 Å². The molecule has 0 aliphatic carbocycles. The summed E-state index contributed by atoms with van der Waals surface area (Å²) in [6.45, 7) is 6.62. The molecule has 114 valence electrons. The van der Waals surface area contributed by atoms with Crippen molar-refractivity contribution in [1.82, 2.24) is 5.32 Å². The van der Waals surface area contributed by atoms with Crippen LogP contribution in [0.3, 0.4) is 0 Å². The van der Waals surface area contributed by atoms with E-state index >= 15 is 0 Å². The number of benzene rings is 1. The standard InChI is InChI=1S/C17H21F2NO/c1-4-10-20-13(5-2)14-8-9-15(21-14)16-12(18)7-6-11(3)17(16)19/h6-9,13,20H,4-5,10H2,1-3H3. The fourth-order valence-electron chi connectivity index (χ4n) is 2.32. The zero-order chi connectivity index (χ0) is 15.4. The van der Waals surface area contributed by atoms with Crippen molar-refractivity contribution < 1.29 is 13.2 Å². The van der Waals surface area contributed by atoms with E-state index in [0.29, 0.717) is 11.3 Å². The van der Waals surface area contributed by atoms with E-state index in [4.69, 9.17) is 4.42 Å². The zero-order valence-corrected chi connectivity index (χ0v) is 12.7. The van der Waals surface area contributed by atoms with Gasteiger partial charge >= 0.3 is 0 Å². The molecule has 21 heavy (non-hydrogen) atoms. The quantitative estimate of drug-likeness (QED) is 0.812. The second-order valence-corrected chi connectivity index (χ2v) is 5.17. The number of aryl methyl sites for hydroxylation is 1. The van der Waals surface area contributed by atoms with Gasteiger partial charge in [0.2, 0.25) is 0 Å². The van der Waals surface area contributed by atoms with E-state index in [9.17, 15) is 8.78 Å². The highest BCUT2D eigenvalue weighted by molar-refractivity contribution is 5.60. The van der Waals surface area contributed by atoms with Gasteiger partial charge in [-0.15, -0.1) is 0 Å². The summed E-state index contributed by atoms with van der Waals surface area (Å²) in [4.78, 5) is 0. The van der Waals surface area contributed by atoms with E-state index in [1.54, 1.807) is 19.1 Å². The second kappa shape index (κ2) is 6.85. The summed E-state index contributed by atoms with van der Waals surface area (Å²) in [5, 5.41) is 3.36. The summed E-state index contributed by atoms with van der Waals surface area (Å²) in [6, 6.07) is 6.17. The second-order valence-electron chi connectivity index (χ2n) is 5.17. The normalized spacial score (nSPS) is 12.6. The number of rotatable bonds is 6. The third-order valence-corrected chi connectivity index (χ3v) is 3.55.